The Morgan fingerprint density at radius 3 is 2.67 bits per heavy atom. The molecule has 0 aliphatic heterocycles. The summed E-state index contributed by atoms with van der Waals surface area (Å²) in [6, 6.07) is 5.42. The second kappa shape index (κ2) is 7.01. The van der Waals surface area contributed by atoms with Gasteiger partial charge in [0.05, 0.1) is 21.1 Å². The minimum absolute atomic E-state index is 0.359. The van der Waals surface area contributed by atoms with Crippen molar-refractivity contribution in [2.45, 2.75) is 17.5 Å². The van der Waals surface area contributed by atoms with Crippen molar-refractivity contribution in [3.8, 4) is 0 Å². The standard InChI is InChI=1S/C12H18N2O2S2/c1-14(2,3)10(12(15)16)7-9-17-18-11-6-4-5-8-13-11/h4-6,8,10H,7,9H2,1-3H3/p+1. The average molecular weight is 287 g/mol. The SMILES string of the molecule is C[N+](C)(C)C(CCSSc1ccccn1)C(=O)O. The molecule has 1 aromatic rings. The lowest BCUT2D eigenvalue weighted by Gasteiger charge is -2.30. The van der Waals surface area contributed by atoms with Crippen LogP contribution in [0.1, 0.15) is 6.42 Å². The highest BCUT2D eigenvalue weighted by atomic mass is 33.1. The van der Waals surface area contributed by atoms with Gasteiger partial charge in [-0.25, -0.2) is 9.78 Å². The van der Waals surface area contributed by atoms with Gasteiger partial charge < -0.3 is 9.59 Å². The molecule has 0 amide bonds. The summed E-state index contributed by atoms with van der Waals surface area (Å²) in [6.45, 7) is 0. The summed E-state index contributed by atoms with van der Waals surface area (Å²) in [6.07, 6.45) is 2.42. The third-order valence-corrected chi connectivity index (χ3v) is 4.78. The van der Waals surface area contributed by atoms with Crippen molar-refractivity contribution in [3.05, 3.63) is 24.4 Å². The van der Waals surface area contributed by atoms with E-state index in [0.717, 1.165) is 10.8 Å². The summed E-state index contributed by atoms with van der Waals surface area (Å²) in [4.78, 5) is 15.4. The molecule has 0 saturated carbocycles. The van der Waals surface area contributed by atoms with E-state index in [1.807, 2.05) is 39.3 Å². The van der Waals surface area contributed by atoms with E-state index in [1.54, 1.807) is 27.8 Å². The van der Waals surface area contributed by atoms with E-state index in [2.05, 4.69) is 4.98 Å². The highest BCUT2D eigenvalue weighted by molar-refractivity contribution is 8.76. The van der Waals surface area contributed by atoms with E-state index < -0.39 is 5.97 Å². The van der Waals surface area contributed by atoms with Crippen molar-refractivity contribution in [1.29, 1.82) is 0 Å². The second-order valence-corrected chi connectivity index (χ2v) is 7.27. The second-order valence-electron chi connectivity index (χ2n) is 4.83. The molecule has 0 aromatic carbocycles. The fourth-order valence-corrected chi connectivity index (χ4v) is 3.46. The molecule has 1 rings (SSSR count). The van der Waals surface area contributed by atoms with Gasteiger partial charge in [-0.15, -0.1) is 0 Å². The van der Waals surface area contributed by atoms with E-state index in [9.17, 15) is 9.90 Å². The molecule has 0 spiro atoms. The summed E-state index contributed by atoms with van der Waals surface area (Å²) in [7, 11) is 8.98. The summed E-state index contributed by atoms with van der Waals surface area (Å²) in [5.41, 5.74) is 0. The van der Waals surface area contributed by atoms with Gasteiger partial charge in [0.15, 0.2) is 6.04 Å². The topological polar surface area (TPSA) is 50.2 Å². The molecule has 18 heavy (non-hydrogen) atoms. The first-order valence-electron chi connectivity index (χ1n) is 5.65. The monoisotopic (exact) mass is 287 g/mol. The fourth-order valence-electron chi connectivity index (χ4n) is 1.50. The number of hydrogen-bond donors (Lipinski definition) is 1. The number of likely N-dealkylation sites (N-methyl/N-ethyl adjacent to an activating group) is 1. The lowest BCUT2D eigenvalue weighted by atomic mass is 10.2. The number of aliphatic carboxylic acids is 1. The maximum absolute atomic E-state index is 11.2. The van der Waals surface area contributed by atoms with Gasteiger partial charge in [-0.1, -0.05) is 16.9 Å². The smallest absolute Gasteiger partial charge is 0.362 e. The molecule has 0 radical (unpaired) electrons. The summed E-state index contributed by atoms with van der Waals surface area (Å²) in [5.74, 6) is 0.0687. The van der Waals surface area contributed by atoms with Gasteiger partial charge in [0.2, 0.25) is 0 Å². The van der Waals surface area contributed by atoms with Gasteiger partial charge in [-0.3, -0.25) is 0 Å². The molecule has 1 atom stereocenters. The number of aromatic nitrogens is 1. The van der Waals surface area contributed by atoms with Gasteiger partial charge >= 0.3 is 5.97 Å². The third kappa shape index (κ3) is 5.29. The van der Waals surface area contributed by atoms with E-state index in [1.165, 1.54) is 0 Å². The number of pyridine rings is 1. The molecule has 1 N–H and O–H groups in total. The lowest BCUT2D eigenvalue weighted by molar-refractivity contribution is -0.887. The molecular formula is C12H19N2O2S2+. The van der Waals surface area contributed by atoms with Crippen LogP contribution in [-0.4, -0.2) is 53.5 Å². The summed E-state index contributed by atoms with van der Waals surface area (Å²) in [5, 5.41) is 10.1. The van der Waals surface area contributed by atoms with Crippen LogP contribution in [0.25, 0.3) is 0 Å². The van der Waals surface area contributed by atoms with Crippen LogP contribution in [0.4, 0.5) is 0 Å². The largest absolute Gasteiger partial charge is 0.477 e. The average Bonchev–Trinajstić information content (AvgIpc) is 2.27. The van der Waals surface area contributed by atoms with E-state index in [4.69, 9.17) is 0 Å². The molecule has 4 nitrogen and oxygen atoms in total. The Kier molecular flexibility index (Phi) is 5.98. The molecule has 6 heteroatoms. The van der Waals surface area contributed by atoms with E-state index in [-0.39, 0.29) is 6.04 Å². The van der Waals surface area contributed by atoms with Gasteiger partial charge in [-0.2, -0.15) is 0 Å². The molecule has 0 aliphatic carbocycles. The van der Waals surface area contributed by atoms with Crippen LogP contribution in [0.3, 0.4) is 0 Å². The van der Waals surface area contributed by atoms with Gasteiger partial charge in [0.1, 0.15) is 5.03 Å². The van der Waals surface area contributed by atoms with Crippen molar-refractivity contribution in [2.75, 3.05) is 26.9 Å². The number of carboxylic acids is 1. The number of quaternary nitrogens is 1. The minimum atomic E-state index is -0.731. The van der Waals surface area contributed by atoms with Crippen LogP contribution in [0.5, 0.6) is 0 Å². The molecule has 0 aliphatic rings. The fraction of sp³-hybridized carbons (Fsp3) is 0.500. The van der Waals surface area contributed by atoms with Gasteiger partial charge in [0, 0.05) is 18.4 Å². The van der Waals surface area contributed by atoms with Crippen LogP contribution in [0, 0.1) is 0 Å². The third-order valence-electron chi connectivity index (χ3n) is 2.48. The molecular weight excluding hydrogens is 268 g/mol. The van der Waals surface area contributed by atoms with Crippen molar-refractivity contribution >= 4 is 27.6 Å². The van der Waals surface area contributed by atoms with Crippen LogP contribution in [-0.2, 0) is 4.79 Å². The van der Waals surface area contributed by atoms with E-state index in [0.29, 0.717) is 10.9 Å². The Hall–Kier alpha value is -0.720. The maximum atomic E-state index is 11.2. The number of hydrogen-bond acceptors (Lipinski definition) is 4. The predicted octanol–water partition coefficient (Wildman–Crippen LogP) is 2.37. The van der Waals surface area contributed by atoms with Crippen molar-refractivity contribution in [1.82, 2.24) is 4.98 Å². The quantitative estimate of drug-likeness (QED) is 0.474. The Balaban J connectivity index is 2.34. The molecule has 1 unspecified atom stereocenters. The Labute approximate surface area is 116 Å². The van der Waals surface area contributed by atoms with E-state index >= 15 is 0 Å². The van der Waals surface area contributed by atoms with Crippen LogP contribution in [0.15, 0.2) is 29.4 Å². The van der Waals surface area contributed by atoms with Crippen LogP contribution >= 0.6 is 21.6 Å². The zero-order valence-corrected chi connectivity index (χ0v) is 12.5. The predicted molar refractivity (Wildman–Crippen MR) is 76.6 cm³/mol. The summed E-state index contributed by atoms with van der Waals surface area (Å²) >= 11 is 0. The lowest BCUT2D eigenvalue weighted by Crippen LogP contribution is -2.50. The molecule has 1 aromatic heterocycles. The first kappa shape index (κ1) is 15.3. The first-order valence-corrected chi connectivity index (χ1v) is 7.97. The Morgan fingerprint density at radius 1 is 1.44 bits per heavy atom. The minimum Gasteiger partial charge on any atom is -0.477 e. The maximum Gasteiger partial charge on any atom is 0.362 e. The Morgan fingerprint density at radius 2 is 2.17 bits per heavy atom. The zero-order valence-electron chi connectivity index (χ0n) is 10.9. The van der Waals surface area contributed by atoms with Crippen LogP contribution < -0.4 is 0 Å². The summed E-state index contributed by atoms with van der Waals surface area (Å²) < 4.78 is 0.449. The first-order chi connectivity index (χ1) is 8.41. The Bertz CT molecular complexity index is 379. The van der Waals surface area contributed by atoms with Crippen molar-refractivity contribution in [3.63, 3.8) is 0 Å². The molecule has 1 heterocycles. The molecule has 0 saturated heterocycles. The highest BCUT2D eigenvalue weighted by Gasteiger charge is 2.30. The van der Waals surface area contributed by atoms with Crippen molar-refractivity contribution < 1.29 is 14.4 Å². The van der Waals surface area contributed by atoms with Gasteiger partial charge in [-0.05, 0) is 22.9 Å². The highest BCUT2D eigenvalue weighted by Crippen LogP contribution is 2.30. The van der Waals surface area contributed by atoms with Crippen molar-refractivity contribution in [2.24, 2.45) is 0 Å². The molecule has 100 valence electrons. The number of nitrogens with zero attached hydrogens (tertiary/aromatic N) is 2. The van der Waals surface area contributed by atoms with Crippen LogP contribution in [0.2, 0.25) is 0 Å². The number of rotatable bonds is 7. The normalized spacial score (nSPS) is 13.3. The molecule has 0 bridgehead atoms. The number of carbonyl (C=O) groups is 1. The number of carboxylic acid groups (broad SMARTS) is 1. The van der Waals surface area contributed by atoms with Gasteiger partial charge in [0.25, 0.3) is 0 Å². The molecule has 0 fully saturated rings. The zero-order chi connectivity index (χ0) is 13.6.